The first kappa shape index (κ1) is 20.4. The third-order valence-electron chi connectivity index (χ3n) is 5.24. The van der Waals surface area contributed by atoms with Crippen LogP contribution in [0.1, 0.15) is 20.8 Å². The van der Waals surface area contributed by atoms with Crippen LogP contribution in [0.15, 0.2) is 22.7 Å². The van der Waals surface area contributed by atoms with Crippen LogP contribution in [-0.4, -0.2) is 51.9 Å². The zero-order valence-electron chi connectivity index (χ0n) is 15.7. The van der Waals surface area contributed by atoms with Crippen LogP contribution in [-0.2, 0) is 9.22 Å². The van der Waals surface area contributed by atoms with Crippen LogP contribution in [0.2, 0.25) is 18.1 Å². The number of anilines is 1. The highest BCUT2D eigenvalue weighted by Crippen LogP contribution is 2.36. The van der Waals surface area contributed by atoms with E-state index in [9.17, 15) is 9.18 Å². The molecule has 0 saturated carbocycles. The summed E-state index contributed by atoms with van der Waals surface area (Å²) < 4.78 is 20.4. The van der Waals surface area contributed by atoms with Gasteiger partial charge in [0.1, 0.15) is 12.4 Å². The molecule has 0 radical (unpaired) electrons. The van der Waals surface area contributed by atoms with Gasteiger partial charge in [0, 0.05) is 30.7 Å². The van der Waals surface area contributed by atoms with Crippen LogP contribution in [0.3, 0.4) is 0 Å². The maximum absolute atomic E-state index is 13.5. The van der Waals surface area contributed by atoms with Crippen LogP contribution in [0.4, 0.5) is 10.1 Å². The SMILES string of the molecule is CC(C)(C)[Si](C)(C)OCC(=O)N1CCN(c2cc(F)ccc2Br)CC1. The highest BCUT2D eigenvalue weighted by Gasteiger charge is 2.38. The van der Waals surface area contributed by atoms with Crippen molar-refractivity contribution < 1.29 is 13.6 Å². The van der Waals surface area contributed by atoms with Gasteiger partial charge in [0.25, 0.3) is 0 Å². The molecule has 1 fully saturated rings. The van der Waals surface area contributed by atoms with Crippen LogP contribution in [0.25, 0.3) is 0 Å². The van der Waals surface area contributed by atoms with Crippen molar-refractivity contribution in [2.24, 2.45) is 0 Å². The predicted molar refractivity (Wildman–Crippen MR) is 106 cm³/mol. The summed E-state index contributed by atoms with van der Waals surface area (Å²) in [5.74, 6) is -0.206. The van der Waals surface area contributed by atoms with Crippen LogP contribution < -0.4 is 4.90 Å². The second-order valence-electron chi connectivity index (χ2n) is 8.01. The zero-order valence-corrected chi connectivity index (χ0v) is 18.3. The molecular weight excluding hydrogens is 403 g/mol. The molecule has 1 heterocycles. The van der Waals surface area contributed by atoms with Crippen LogP contribution in [0, 0.1) is 5.82 Å². The maximum atomic E-state index is 13.5. The van der Waals surface area contributed by atoms with Gasteiger partial charge >= 0.3 is 0 Å². The fourth-order valence-electron chi connectivity index (χ4n) is 2.47. The van der Waals surface area contributed by atoms with Gasteiger partial charge in [-0.25, -0.2) is 4.39 Å². The summed E-state index contributed by atoms with van der Waals surface area (Å²) in [5, 5.41) is 0.0929. The van der Waals surface area contributed by atoms with Gasteiger partial charge in [-0.05, 0) is 52.3 Å². The van der Waals surface area contributed by atoms with E-state index in [0.717, 1.165) is 10.2 Å². The number of rotatable bonds is 4. The maximum Gasteiger partial charge on any atom is 0.247 e. The molecule has 0 aromatic heterocycles. The summed E-state index contributed by atoms with van der Waals surface area (Å²) in [5.41, 5.74) is 0.838. The van der Waals surface area contributed by atoms with Crippen molar-refractivity contribution >= 4 is 35.8 Å². The molecule has 25 heavy (non-hydrogen) atoms. The number of amides is 1. The molecule has 1 saturated heterocycles. The smallest absolute Gasteiger partial charge is 0.247 e. The molecule has 7 heteroatoms. The minimum atomic E-state index is -1.92. The van der Waals surface area contributed by atoms with Crippen molar-refractivity contribution in [2.45, 2.75) is 38.9 Å². The van der Waals surface area contributed by atoms with Crippen molar-refractivity contribution in [3.05, 3.63) is 28.5 Å². The highest BCUT2D eigenvalue weighted by molar-refractivity contribution is 9.10. The molecule has 0 spiro atoms. The Kier molecular flexibility index (Phi) is 6.33. The normalized spacial score (nSPS) is 16.3. The highest BCUT2D eigenvalue weighted by atomic mass is 79.9. The van der Waals surface area contributed by atoms with Gasteiger partial charge in [-0.3, -0.25) is 4.79 Å². The van der Waals surface area contributed by atoms with Gasteiger partial charge in [-0.15, -0.1) is 0 Å². The quantitative estimate of drug-likeness (QED) is 0.668. The van der Waals surface area contributed by atoms with Crippen molar-refractivity contribution in [1.29, 1.82) is 0 Å². The monoisotopic (exact) mass is 430 g/mol. The first-order chi connectivity index (χ1) is 11.5. The second-order valence-corrected chi connectivity index (χ2v) is 13.7. The number of piperazine rings is 1. The number of hydrogen-bond donors (Lipinski definition) is 0. The summed E-state index contributed by atoms with van der Waals surface area (Å²) >= 11 is 3.47. The topological polar surface area (TPSA) is 32.8 Å². The molecule has 1 aliphatic rings. The molecule has 1 amide bonds. The number of benzene rings is 1. The minimum absolute atomic E-state index is 0.0442. The van der Waals surface area contributed by atoms with Crippen molar-refractivity contribution in [2.75, 3.05) is 37.7 Å². The predicted octanol–water partition coefficient (Wildman–Crippen LogP) is 4.26. The van der Waals surface area contributed by atoms with Crippen LogP contribution >= 0.6 is 15.9 Å². The number of carbonyl (C=O) groups excluding carboxylic acids is 1. The van der Waals surface area contributed by atoms with Gasteiger partial charge in [0.05, 0.1) is 5.69 Å². The largest absolute Gasteiger partial charge is 0.408 e. The van der Waals surface area contributed by atoms with E-state index in [4.69, 9.17) is 4.43 Å². The molecule has 0 unspecified atom stereocenters. The molecular formula is C18H28BrFN2O2Si. The Morgan fingerprint density at radius 3 is 2.40 bits per heavy atom. The Bertz CT molecular complexity index is 626. The van der Waals surface area contributed by atoms with Crippen molar-refractivity contribution in [3.63, 3.8) is 0 Å². The van der Waals surface area contributed by atoms with E-state index in [1.165, 1.54) is 12.1 Å². The first-order valence-corrected chi connectivity index (χ1v) is 12.3. The number of carbonyl (C=O) groups is 1. The van der Waals surface area contributed by atoms with E-state index >= 15 is 0 Å². The Balaban J connectivity index is 1.89. The number of nitrogens with zero attached hydrogens (tertiary/aromatic N) is 2. The Labute approximate surface area is 159 Å². The lowest BCUT2D eigenvalue weighted by Gasteiger charge is -2.39. The molecule has 0 atom stereocenters. The molecule has 0 N–H and O–H groups in total. The van der Waals surface area contributed by atoms with Crippen LogP contribution in [0.5, 0.6) is 0 Å². The molecule has 0 aliphatic carbocycles. The fraction of sp³-hybridized carbons (Fsp3) is 0.611. The average molecular weight is 431 g/mol. The van der Waals surface area contributed by atoms with E-state index in [2.05, 4.69) is 54.7 Å². The van der Waals surface area contributed by atoms with Gasteiger partial charge in [-0.1, -0.05) is 20.8 Å². The lowest BCUT2D eigenvalue weighted by atomic mass is 10.2. The molecule has 1 aromatic rings. The minimum Gasteiger partial charge on any atom is -0.408 e. The summed E-state index contributed by atoms with van der Waals surface area (Å²) in [6, 6.07) is 4.68. The summed E-state index contributed by atoms with van der Waals surface area (Å²) in [4.78, 5) is 16.4. The Hall–Kier alpha value is -0.923. The molecule has 140 valence electrons. The lowest BCUT2D eigenvalue weighted by molar-refractivity contribution is -0.134. The molecule has 1 aliphatic heterocycles. The summed E-state index contributed by atoms with van der Waals surface area (Å²) in [6.07, 6.45) is 0. The van der Waals surface area contributed by atoms with Crippen molar-refractivity contribution in [3.8, 4) is 0 Å². The zero-order chi connectivity index (χ0) is 18.8. The third kappa shape index (κ3) is 5.05. The number of hydrogen-bond acceptors (Lipinski definition) is 3. The van der Waals surface area contributed by atoms with E-state index in [1.807, 2.05) is 4.90 Å². The summed E-state index contributed by atoms with van der Waals surface area (Å²) in [7, 11) is -1.92. The molecule has 1 aromatic carbocycles. The summed E-state index contributed by atoms with van der Waals surface area (Å²) in [6.45, 7) is 13.6. The lowest BCUT2D eigenvalue weighted by Crippen LogP contribution is -2.51. The Morgan fingerprint density at radius 1 is 1.24 bits per heavy atom. The average Bonchev–Trinajstić information content (AvgIpc) is 2.54. The van der Waals surface area contributed by atoms with E-state index < -0.39 is 8.32 Å². The molecule has 4 nitrogen and oxygen atoms in total. The standard InChI is InChI=1S/C18H28BrFN2O2Si/c1-18(2,3)25(4,5)24-13-17(23)22-10-8-21(9-11-22)16-12-14(20)6-7-15(16)19/h6-7,12H,8-11,13H2,1-5H3. The molecule has 0 bridgehead atoms. The molecule has 2 rings (SSSR count). The van der Waals surface area contributed by atoms with Crippen molar-refractivity contribution in [1.82, 2.24) is 4.90 Å². The Morgan fingerprint density at radius 2 is 1.84 bits per heavy atom. The van der Waals surface area contributed by atoms with Gasteiger partial charge < -0.3 is 14.2 Å². The fourth-order valence-corrected chi connectivity index (χ4v) is 3.89. The van der Waals surface area contributed by atoms with E-state index in [0.29, 0.717) is 26.2 Å². The van der Waals surface area contributed by atoms with Gasteiger partial charge in [0.15, 0.2) is 8.32 Å². The van der Waals surface area contributed by atoms with E-state index in [1.54, 1.807) is 6.07 Å². The third-order valence-corrected chi connectivity index (χ3v) is 10.4. The first-order valence-electron chi connectivity index (χ1n) is 8.63. The second kappa shape index (κ2) is 7.76. The van der Waals surface area contributed by atoms with E-state index in [-0.39, 0.29) is 23.4 Å². The number of halogens is 2. The van der Waals surface area contributed by atoms with Gasteiger partial charge in [-0.2, -0.15) is 0 Å². The van der Waals surface area contributed by atoms with Gasteiger partial charge in [0.2, 0.25) is 5.91 Å².